The molecule has 0 saturated carbocycles. The number of benzene rings is 1. The fraction of sp³-hybridized carbons (Fsp3) is 0.0625. The van der Waals surface area contributed by atoms with Crippen LogP contribution in [0.25, 0.3) is 11.5 Å². The molecule has 23 heavy (non-hydrogen) atoms. The number of nitrogens with zero attached hydrogens (tertiary/aromatic N) is 3. The Hall–Kier alpha value is -3.14. The van der Waals surface area contributed by atoms with Crippen LogP contribution in [0.2, 0.25) is 0 Å². The third-order valence-electron chi connectivity index (χ3n) is 2.86. The van der Waals surface area contributed by atoms with Gasteiger partial charge in [0, 0.05) is 18.0 Å². The molecule has 0 aliphatic carbocycles. The zero-order valence-electron chi connectivity index (χ0n) is 11.5. The van der Waals surface area contributed by atoms with E-state index in [1.165, 1.54) is 18.2 Å². The summed E-state index contributed by atoms with van der Waals surface area (Å²) in [6, 6.07) is 8.44. The van der Waals surface area contributed by atoms with Crippen LogP contribution in [0.4, 0.5) is 13.2 Å². The standard InChI is InChI=1S/C16H8F3N3O/c17-16(18,19)13-6-2-1-5-12(13)15-22-21-14(23-15)8-7-11-4-3-9-20-10-11/h1-6,9-10H. The summed E-state index contributed by atoms with van der Waals surface area (Å²) in [6.45, 7) is 0. The van der Waals surface area contributed by atoms with Gasteiger partial charge in [0.15, 0.2) is 0 Å². The van der Waals surface area contributed by atoms with Gasteiger partial charge in [0.2, 0.25) is 5.89 Å². The van der Waals surface area contributed by atoms with Crippen molar-refractivity contribution in [2.45, 2.75) is 6.18 Å². The maximum Gasteiger partial charge on any atom is 0.417 e. The highest BCUT2D eigenvalue weighted by Gasteiger charge is 2.34. The van der Waals surface area contributed by atoms with E-state index in [9.17, 15) is 13.2 Å². The van der Waals surface area contributed by atoms with E-state index in [4.69, 9.17) is 4.42 Å². The van der Waals surface area contributed by atoms with Crippen molar-refractivity contribution in [2.24, 2.45) is 0 Å². The summed E-state index contributed by atoms with van der Waals surface area (Å²) >= 11 is 0. The molecule has 0 aliphatic heterocycles. The molecule has 0 aliphatic rings. The van der Waals surface area contributed by atoms with Gasteiger partial charge in [-0.2, -0.15) is 13.2 Å². The Bertz CT molecular complexity index is 877. The summed E-state index contributed by atoms with van der Waals surface area (Å²) in [5.74, 6) is 5.04. The predicted molar refractivity (Wildman–Crippen MR) is 75.0 cm³/mol. The van der Waals surface area contributed by atoms with Crippen molar-refractivity contribution >= 4 is 0 Å². The molecule has 0 unspecified atom stereocenters. The van der Waals surface area contributed by atoms with Crippen LogP contribution in [0.1, 0.15) is 17.0 Å². The molecule has 2 aromatic heterocycles. The number of aromatic nitrogens is 3. The van der Waals surface area contributed by atoms with E-state index < -0.39 is 11.7 Å². The van der Waals surface area contributed by atoms with E-state index in [0.717, 1.165) is 6.07 Å². The van der Waals surface area contributed by atoms with Crippen molar-refractivity contribution in [3.8, 4) is 23.3 Å². The lowest BCUT2D eigenvalue weighted by atomic mass is 10.1. The van der Waals surface area contributed by atoms with Crippen molar-refractivity contribution in [3.63, 3.8) is 0 Å². The smallest absolute Gasteiger partial charge is 0.410 e. The molecule has 0 bridgehead atoms. The summed E-state index contributed by atoms with van der Waals surface area (Å²) in [7, 11) is 0. The van der Waals surface area contributed by atoms with Crippen LogP contribution >= 0.6 is 0 Å². The molecule has 0 radical (unpaired) electrons. The van der Waals surface area contributed by atoms with E-state index in [2.05, 4.69) is 27.0 Å². The van der Waals surface area contributed by atoms with Gasteiger partial charge in [-0.3, -0.25) is 4.98 Å². The molecule has 4 nitrogen and oxygen atoms in total. The Morgan fingerprint density at radius 3 is 2.52 bits per heavy atom. The molecule has 0 amide bonds. The van der Waals surface area contributed by atoms with Gasteiger partial charge in [-0.15, -0.1) is 5.10 Å². The Kier molecular flexibility index (Phi) is 3.81. The first-order valence-electron chi connectivity index (χ1n) is 6.46. The normalized spacial score (nSPS) is 10.9. The van der Waals surface area contributed by atoms with Gasteiger partial charge in [0.25, 0.3) is 5.89 Å². The molecule has 7 heteroatoms. The van der Waals surface area contributed by atoms with Crippen LogP contribution in [-0.2, 0) is 6.18 Å². The van der Waals surface area contributed by atoms with Crippen molar-refractivity contribution in [1.82, 2.24) is 15.2 Å². The molecule has 0 atom stereocenters. The molecule has 0 N–H and O–H groups in total. The predicted octanol–water partition coefficient (Wildman–Crippen LogP) is 3.55. The molecule has 114 valence electrons. The van der Waals surface area contributed by atoms with Crippen molar-refractivity contribution in [3.05, 3.63) is 65.8 Å². The summed E-state index contributed by atoms with van der Waals surface area (Å²) in [5.41, 5.74) is -0.389. The van der Waals surface area contributed by atoms with Gasteiger partial charge >= 0.3 is 6.18 Å². The van der Waals surface area contributed by atoms with Gasteiger partial charge in [-0.1, -0.05) is 23.2 Å². The zero-order valence-corrected chi connectivity index (χ0v) is 11.5. The third kappa shape index (κ3) is 3.37. The monoisotopic (exact) mass is 315 g/mol. The van der Waals surface area contributed by atoms with Crippen molar-refractivity contribution in [1.29, 1.82) is 0 Å². The number of halogens is 3. The second kappa shape index (κ2) is 5.93. The van der Waals surface area contributed by atoms with E-state index in [0.29, 0.717) is 5.56 Å². The number of alkyl halides is 3. The minimum absolute atomic E-state index is 0.0687. The quantitative estimate of drug-likeness (QED) is 0.644. The number of pyridine rings is 1. The summed E-state index contributed by atoms with van der Waals surface area (Å²) in [6.07, 6.45) is -1.36. The van der Waals surface area contributed by atoms with Crippen LogP contribution in [0.15, 0.2) is 53.2 Å². The molecule has 0 spiro atoms. The second-order valence-electron chi connectivity index (χ2n) is 4.45. The van der Waals surface area contributed by atoms with Crippen LogP contribution < -0.4 is 0 Å². The fourth-order valence-corrected chi connectivity index (χ4v) is 1.86. The van der Waals surface area contributed by atoms with E-state index in [1.54, 1.807) is 24.5 Å². The Labute approximate surface area is 129 Å². The lowest BCUT2D eigenvalue weighted by Crippen LogP contribution is -2.06. The highest BCUT2D eigenvalue weighted by atomic mass is 19.4. The highest BCUT2D eigenvalue weighted by Crippen LogP contribution is 2.36. The summed E-state index contributed by atoms with van der Waals surface area (Å²) in [5, 5.41) is 7.29. The van der Waals surface area contributed by atoms with Crippen LogP contribution in [-0.4, -0.2) is 15.2 Å². The number of rotatable bonds is 1. The highest BCUT2D eigenvalue weighted by molar-refractivity contribution is 5.59. The van der Waals surface area contributed by atoms with Gasteiger partial charge in [0.1, 0.15) is 0 Å². The molecule has 3 aromatic rings. The van der Waals surface area contributed by atoms with Crippen molar-refractivity contribution in [2.75, 3.05) is 0 Å². The number of hydrogen-bond donors (Lipinski definition) is 0. The van der Waals surface area contributed by atoms with Gasteiger partial charge in [0.05, 0.1) is 11.1 Å². The lowest BCUT2D eigenvalue weighted by Gasteiger charge is -2.09. The fourth-order valence-electron chi connectivity index (χ4n) is 1.86. The van der Waals surface area contributed by atoms with Gasteiger partial charge < -0.3 is 4.42 Å². The minimum atomic E-state index is -4.51. The second-order valence-corrected chi connectivity index (χ2v) is 4.45. The maximum atomic E-state index is 13.0. The molecular formula is C16H8F3N3O. The Morgan fingerprint density at radius 2 is 1.78 bits per heavy atom. The SMILES string of the molecule is FC(F)(F)c1ccccc1-c1nnc(C#Cc2cccnc2)o1. The largest absolute Gasteiger partial charge is 0.417 e. The molecule has 2 heterocycles. The zero-order chi connectivity index (χ0) is 16.3. The maximum absolute atomic E-state index is 13.0. The Morgan fingerprint density at radius 1 is 0.957 bits per heavy atom. The third-order valence-corrected chi connectivity index (χ3v) is 2.86. The van der Waals surface area contributed by atoms with Crippen molar-refractivity contribution < 1.29 is 17.6 Å². The first kappa shape index (κ1) is 14.8. The molecule has 0 fully saturated rings. The van der Waals surface area contributed by atoms with Gasteiger partial charge in [-0.05, 0) is 30.2 Å². The van der Waals surface area contributed by atoms with E-state index >= 15 is 0 Å². The number of hydrogen-bond acceptors (Lipinski definition) is 4. The first-order valence-corrected chi connectivity index (χ1v) is 6.46. The van der Waals surface area contributed by atoms with Gasteiger partial charge in [-0.25, -0.2) is 0 Å². The van der Waals surface area contributed by atoms with E-state index in [1.807, 2.05) is 0 Å². The van der Waals surface area contributed by atoms with Crippen LogP contribution in [0.5, 0.6) is 0 Å². The topological polar surface area (TPSA) is 51.8 Å². The van der Waals surface area contributed by atoms with Crippen LogP contribution in [0.3, 0.4) is 0 Å². The lowest BCUT2D eigenvalue weighted by molar-refractivity contribution is -0.137. The van der Waals surface area contributed by atoms with E-state index in [-0.39, 0.29) is 17.3 Å². The molecular weight excluding hydrogens is 307 g/mol. The minimum Gasteiger partial charge on any atom is -0.410 e. The van der Waals surface area contributed by atoms with Crippen LogP contribution in [0, 0.1) is 11.8 Å². The molecule has 3 rings (SSSR count). The summed E-state index contributed by atoms with van der Waals surface area (Å²) < 4.78 is 44.2. The average Bonchev–Trinajstić information content (AvgIpc) is 3.02. The Balaban J connectivity index is 1.94. The molecule has 1 aromatic carbocycles. The first-order chi connectivity index (χ1) is 11.0. The summed E-state index contributed by atoms with van der Waals surface area (Å²) in [4.78, 5) is 3.89. The molecule has 0 saturated heterocycles. The average molecular weight is 315 g/mol.